The fourth-order valence-electron chi connectivity index (χ4n) is 2.67. The van der Waals surface area contributed by atoms with Crippen molar-refractivity contribution in [3.05, 3.63) is 35.2 Å². The molecule has 9 heteroatoms. The Kier molecular flexibility index (Phi) is 3.00. The minimum Gasteiger partial charge on any atom is -0.360 e. The number of alkyl halides is 3. The number of amides is 1. The maximum atomic E-state index is 12.7. The van der Waals surface area contributed by atoms with Crippen molar-refractivity contribution >= 4 is 5.91 Å². The van der Waals surface area contributed by atoms with Crippen LogP contribution in [0.25, 0.3) is 0 Å². The Labute approximate surface area is 128 Å². The van der Waals surface area contributed by atoms with E-state index in [0.29, 0.717) is 18.2 Å². The minimum absolute atomic E-state index is 0.0283. The molecule has 1 fully saturated rings. The molecule has 0 saturated heterocycles. The van der Waals surface area contributed by atoms with Crippen molar-refractivity contribution in [2.75, 3.05) is 6.54 Å². The van der Waals surface area contributed by atoms with Gasteiger partial charge in [0.25, 0.3) is 5.91 Å². The summed E-state index contributed by atoms with van der Waals surface area (Å²) in [4.78, 5) is 17.4. The first kappa shape index (κ1) is 14.3. The number of fused-ring (bicyclic) bond motifs is 1. The zero-order valence-corrected chi connectivity index (χ0v) is 12.0. The van der Waals surface area contributed by atoms with Crippen LogP contribution in [0.1, 0.15) is 46.5 Å². The highest BCUT2D eigenvalue weighted by Crippen LogP contribution is 2.40. The van der Waals surface area contributed by atoms with E-state index in [2.05, 4.69) is 10.1 Å². The van der Waals surface area contributed by atoms with Gasteiger partial charge in [-0.1, -0.05) is 5.16 Å². The van der Waals surface area contributed by atoms with Crippen LogP contribution >= 0.6 is 0 Å². The summed E-state index contributed by atoms with van der Waals surface area (Å²) in [5.74, 6) is 0.927. The van der Waals surface area contributed by atoms with Crippen molar-refractivity contribution in [2.24, 2.45) is 0 Å². The van der Waals surface area contributed by atoms with Crippen molar-refractivity contribution < 1.29 is 22.5 Å². The maximum absolute atomic E-state index is 12.7. The van der Waals surface area contributed by atoms with Crippen LogP contribution in [-0.2, 0) is 19.3 Å². The van der Waals surface area contributed by atoms with Crippen LogP contribution in [0.4, 0.5) is 13.2 Å². The second-order valence-corrected chi connectivity index (χ2v) is 5.85. The second kappa shape index (κ2) is 4.84. The maximum Gasteiger partial charge on any atom is 0.434 e. The molecule has 1 saturated carbocycles. The number of halogens is 3. The molecule has 0 atom stereocenters. The molecule has 2 aromatic rings. The first-order chi connectivity index (χ1) is 10.9. The molecule has 1 aliphatic carbocycles. The number of aromatic nitrogens is 3. The molecular formula is C14H13F3N4O2. The molecule has 1 amide bonds. The third-order valence-corrected chi connectivity index (χ3v) is 4.11. The van der Waals surface area contributed by atoms with E-state index in [1.807, 2.05) is 0 Å². The van der Waals surface area contributed by atoms with Gasteiger partial charge in [0, 0.05) is 31.3 Å². The van der Waals surface area contributed by atoms with E-state index in [1.54, 1.807) is 6.07 Å². The van der Waals surface area contributed by atoms with E-state index in [-0.39, 0.29) is 30.5 Å². The van der Waals surface area contributed by atoms with Gasteiger partial charge in [-0.25, -0.2) is 4.98 Å². The Hall–Kier alpha value is -2.32. The van der Waals surface area contributed by atoms with E-state index in [9.17, 15) is 18.0 Å². The number of rotatable bonds is 2. The van der Waals surface area contributed by atoms with Crippen molar-refractivity contribution in [1.82, 2.24) is 19.6 Å². The van der Waals surface area contributed by atoms with Gasteiger partial charge in [0.2, 0.25) is 0 Å². The average molecular weight is 326 g/mol. The standard InChI is InChI=1S/C14H13F3N4O2/c15-14(16,17)11-6-20-3-4-21(7-12(20)18-11)13(22)9-5-10(23-19-9)8-1-2-8/h5-6,8H,1-4,7H2. The number of hydrogen-bond donors (Lipinski definition) is 0. The summed E-state index contributed by atoms with van der Waals surface area (Å²) < 4.78 is 44.7. The minimum atomic E-state index is -4.48. The lowest BCUT2D eigenvalue weighted by molar-refractivity contribution is -0.141. The van der Waals surface area contributed by atoms with Crippen molar-refractivity contribution in [3.8, 4) is 0 Å². The summed E-state index contributed by atoms with van der Waals surface area (Å²) in [7, 11) is 0. The van der Waals surface area contributed by atoms with E-state index in [4.69, 9.17) is 4.52 Å². The molecule has 2 aliphatic rings. The summed E-state index contributed by atoms with van der Waals surface area (Å²) in [5.41, 5.74) is -0.734. The molecule has 23 heavy (non-hydrogen) atoms. The molecule has 6 nitrogen and oxygen atoms in total. The Morgan fingerprint density at radius 3 is 2.78 bits per heavy atom. The normalized spacial score (nSPS) is 18.1. The third-order valence-electron chi connectivity index (χ3n) is 4.11. The van der Waals surface area contributed by atoms with Gasteiger partial charge in [-0.15, -0.1) is 0 Å². The lowest BCUT2D eigenvalue weighted by Crippen LogP contribution is -2.38. The fourth-order valence-corrected chi connectivity index (χ4v) is 2.67. The van der Waals surface area contributed by atoms with Gasteiger partial charge < -0.3 is 14.0 Å². The number of nitrogens with zero attached hydrogens (tertiary/aromatic N) is 4. The largest absolute Gasteiger partial charge is 0.434 e. The molecular weight excluding hydrogens is 313 g/mol. The molecule has 122 valence electrons. The van der Waals surface area contributed by atoms with Gasteiger partial charge in [-0.3, -0.25) is 4.79 Å². The lowest BCUT2D eigenvalue weighted by Gasteiger charge is -2.26. The number of carbonyl (C=O) groups excluding carboxylic acids is 1. The predicted octanol–water partition coefficient (Wildman–Crippen LogP) is 2.42. The molecule has 0 bridgehead atoms. The van der Waals surface area contributed by atoms with Crippen LogP contribution < -0.4 is 0 Å². The van der Waals surface area contributed by atoms with Gasteiger partial charge in [0.1, 0.15) is 11.6 Å². The molecule has 4 rings (SSSR count). The Bertz CT molecular complexity index is 760. The van der Waals surface area contributed by atoms with Gasteiger partial charge in [0.05, 0.1) is 6.54 Å². The lowest BCUT2D eigenvalue weighted by atomic mass is 10.2. The Balaban J connectivity index is 1.52. The average Bonchev–Trinajstić information content (AvgIpc) is 3.08. The topological polar surface area (TPSA) is 64.2 Å². The second-order valence-electron chi connectivity index (χ2n) is 5.85. The quantitative estimate of drug-likeness (QED) is 0.850. The first-order valence-corrected chi connectivity index (χ1v) is 7.31. The third kappa shape index (κ3) is 2.60. The predicted molar refractivity (Wildman–Crippen MR) is 70.4 cm³/mol. The van der Waals surface area contributed by atoms with E-state index in [0.717, 1.165) is 19.0 Å². The smallest absolute Gasteiger partial charge is 0.360 e. The first-order valence-electron chi connectivity index (χ1n) is 7.31. The molecule has 1 aliphatic heterocycles. The number of imidazole rings is 1. The van der Waals surface area contributed by atoms with Gasteiger partial charge in [0.15, 0.2) is 11.4 Å². The Morgan fingerprint density at radius 2 is 2.09 bits per heavy atom. The summed E-state index contributed by atoms with van der Waals surface area (Å²) >= 11 is 0. The van der Waals surface area contributed by atoms with Crippen LogP contribution in [0.5, 0.6) is 0 Å². The molecule has 0 radical (unpaired) electrons. The van der Waals surface area contributed by atoms with Gasteiger partial charge in [-0.2, -0.15) is 13.2 Å². The highest BCUT2D eigenvalue weighted by Gasteiger charge is 2.36. The number of carbonyl (C=O) groups is 1. The summed E-state index contributed by atoms with van der Waals surface area (Å²) in [5, 5.41) is 3.78. The zero-order chi connectivity index (χ0) is 16.2. The molecule has 0 aromatic carbocycles. The molecule has 0 N–H and O–H groups in total. The molecule has 3 heterocycles. The summed E-state index contributed by atoms with van der Waals surface area (Å²) in [6.45, 7) is 0.614. The summed E-state index contributed by atoms with van der Waals surface area (Å²) in [6, 6.07) is 1.63. The fraction of sp³-hybridized carbons (Fsp3) is 0.500. The SMILES string of the molecule is O=C(c1cc(C2CC2)on1)N1CCn2cc(C(F)(F)F)nc2C1. The van der Waals surface area contributed by atoms with E-state index in [1.165, 1.54) is 9.47 Å². The van der Waals surface area contributed by atoms with Crippen molar-refractivity contribution in [1.29, 1.82) is 0 Å². The van der Waals surface area contributed by atoms with Crippen molar-refractivity contribution in [2.45, 2.75) is 38.0 Å². The van der Waals surface area contributed by atoms with Crippen LogP contribution in [-0.4, -0.2) is 32.1 Å². The highest BCUT2D eigenvalue weighted by atomic mass is 19.4. The van der Waals surface area contributed by atoms with Crippen LogP contribution in [0.2, 0.25) is 0 Å². The number of hydrogen-bond acceptors (Lipinski definition) is 4. The summed E-state index contributed by atoms with van der Waals surface area (Å²) in [6.07, 6.45) is -1.43. The molecule has 0 spiro atoms. The molecule has 0 unspecified atom stereocenters. The van der Waals surface area contributed by atoms with E-state index < -0.39 is 11.9 Å². The monoisotopic (exact) mass is 326 g/mol. The highest BCUT2D eigenvalue weighted by molar-refractivity contribution is 5.92. The van der Waals surface area contributed by atoms with Crippen LogP contribution in [0, 0.1) is 0 Å². The van der Waals surface area contributed by atoms with Crippen LogP contribution in [0.15, 0.2) is 16.8 Å². The van der Waals surface area contributed by atoms with Gasteiger partial charge >= 0.3 is 6.18 Å². The van der Waals surface area contributed by atoms with Gasteiger partial charge in [-0.05, 0) is 12.8 Å². The van der Waals surface area contributed by atoms with Crippen LogP contribution in [0.3, 0.4) is 0 Å². The molecule has 2 aromatic heterocycles. The van der Waals surface area contributed by atoms with Crippen molar-refractivity contribution in [3.63, 3.8) is 0 Å². The Morgan fingerprint density at radius 1 is 1.30 bits per heavy atom. The van der Waals surface area contributed by atoms with E-state index >= 15 is 0 Å². The zero-order valence-electron chi connectivity index (χ0n) is 12.0.